The van der Waals surface area contributed by atoms with Gasteiger partial charge >= 0.3 is 5.97 Å². The van der Waals surface area contributed by atoms with Gasteiger partial charge in [-0.1, -0.05) is 17.7 Å². The van der Waals surface area contributed by atoms with Crippen molar-refractivity contribution in [2.24, 2.45) is 0 Å². The van der Waals surface area contributed by atoms with E-state index in [0.717, 1.165) is 18.4 Å². The summed E-state index contributed by atoms with van der Waals surface area (Å²) in [7, 11) is -3.64. The number of rotatable bonds is 6. The van der Waals surface area contributed by atoms with E-state index in [0.29, 0.717) is 17.1 Å². The first-order chi connectivity index (χ1) is 15.6. The Morgan fingerprint density at radius 3 is 2.52 bits per heavy atom. The molecule has 1 N–H and O–H groups in total. The topological polar surface area (TPSA) is 139 Å². The Hall–Kier alpha value is -3.66. The second-order valence-electron chi connectivity index (χ2n) is 6.36. The van der Waals surface area contributed by atoms with E-state index in [-0.39, 0.29) is 27.0 Å². The number of aromatic nitrogens is 2. The first-order valence-corrected chi connectivity index (χ1v) is 11.9. The van der Waals surface area contributed by atoms with Gasteiger partial charge in [-0.3, -0.25) is 10.1 Å². The summed E-state index contributed by atoms with van der Waals surface area (Å²) in [6.07, 6.45) is 2.15. The molecule has 0 bridgehead atoms. The molecule has 2 aromatic carbocycles. The second kappa shape index (κ2) is 9.86. The number of esters is 1. The number of nitrogens with zero attached hydrogens (tertiary/aromatic N) is 3. The van der Waals surface area contributed by atoms with Crippen LogP contribution in [0.2, 0.25) is 5.02 Å². The van der Waals surface area contributed by atoms with Gasteiger partial charge in [0, 0.05) is 17.8 Å². The number of sulfone groups is 1. The largest absolute Gasteiger partial charge is 0.421 e. The summed E-state index contributed by atoms with van der Waals surface area (Å²) in [5, 5.41) is 11.1. The number of ether oxygens (including phenoxy) is 1. The smallest absolute Gasteiger partial charge is 0.343 e. The molecule has 1 aromatic heterocycles. The Labute approximate surface area is 196 Å². The Morgan fingerprint density at radius 2 is 1.94 bits per heavy atom. The van der Waals surface area contributed by atoms with Crippen LogP contribution >= 0.6 is 23.1 Å². The third-order valence-electron chi connectivity index (χ3n) is 3.87. The highest BCUT2D eigenvalue weighted by atomic mass is 35.5. The van der Waals surface area contributed by atoms with Crippen LogP contribution in [0.3, 0.4) is 0 Å². The van der Waals surface area contributed by atoms with Gasteiger partial charge in [-0.15, -0.1) is 0 Å². The lowest BCUT2D eigenvalue weighted by molar-refractivity contribution is -0.112. The van der Waals surface area contributed by atoms with Crippen molar-refractivity contribution < 1.29 is 27.1 Å². The van der Waals surface area contributed by atoms with Crippen molar-refractivity contribution >= 4 is 56.1 Å². The van der Waals surface area contributed by atoms with Crippen molar-refractivity contribution in [2.75, 3.05) is 11.6 Å². The fourth-order valence-corrected chi connectivity index (χ4v) is 3.99. The van der Waals surface area contributed by atoms with Gasteiger partial charge in [0.15, 0.2) is 0 Å². The average Bonchev–Trinajstić information content (AvgIpc) is 3.23. The summed E-state index contributed by atoms with van der Waals surface area (Å²) < 4.78 is 44.7. The molecule has 0 aliphatic heterocycles. The molecule has 0 aliphatic carbocycles. The molecular weight excluding hydrogens is 495 g/mol. The normalized spacial score (nSPS) is 11.5. The summed E-state index contributed by atoms with van der Waals surface area (Å²) in [5.74, 6) is -2.06. The predicted molar refractivity (Wildman–Crippen MR) is 118 cm³/mol. The van der Waals surface area contributed by atoms with Gasteiger partial charge in [-0.25, -0.2) is 17.6 Å². The summed E-state index contributed by atoms with van der Waals surface area (Å²) in [4.78, 5) is 28.2. The maximum absolute atomic E-state index is 13.0. The lowest BCUT2D eigenvalue weighted by Gasteiger charge is -2.07. The minimum absolute atomic E-state index is 0.0215. The lowest BCUT2D eigenvalue weighted by Crippen LogP contribution is -2.13. The molecule has 0 unspecified atom stereocenters. The minimum atomic E-state index is -3.64. The molecule has 168 valence electrons. The van der Waals surface area contributed by atoms with E-state index >= 15 is 0 Å². The number of nitrogens with one attached hydrogen (secondary N) is 1. The number of hydrogen-bond donors (Lipinski definition) is 1. The fraction of sp³-hybridized carbons (Fsp3) is 0.0500. The molecule has 0 atom stereocenters. The first kappa shape index (κ1) is 24.0. The van der Waals surface area contributed by atoms with Gasteiger partial charge in [0.05, 0.1) is 10.6 Å². The van der Waals surface area contributed by atoms with Crippen LogP contribution in [-0.2, 0) is 14.6 Å². The van der Waals surface area contributed by atoms with Crippen LogP contribution in [0.25, 0.3) is 6.08 Å². The molecular formula is C20H12ClFN4O5S2. The summed E-state index contributed by atoms with van der Waals surface area (Å²) in [6, 6.07) is 10.7. The third-order valence-corrected chi connectivity index (χ3v) is 5.76. The standard InChI is InChI=1S/C20H12ClFN4O5S2/c1-33(29,30)20-25-19(32-26-20)24-17(27)13(10-23)8-11-2-7-16(15(21)9-11)31-18(28)12-3-5-14(22)6-4-12/h2-9H,1H3,(H,24,25,26,27)/b13-8-. The van der Waals surface area contributed by atoms with Gasteiger partial charge in [0.25, 0.3) is 11.1 Å². The number of anilines is 1. The second-order valence-corrected chi connectivity index (χ2v) is 9.43. The van der Waals surface area contributed by atoms with E-state index in [1.54, 1.807) is 6.07 Å². The van der Waals surface area contributed by atoms with E-state index in [4.69, 9.17) is 16.3 Å². The van der Waals surface area contributed by atoms with Crippen LogP contribution in [-0.4, -0.2) is 35.9 Å². The van der Waals surface area contributed by atoms with E-state index in [1.165, 1.54) is 36.4 Å². The molecule has 0 radical (unpaired) electrons. The van der Waals surface area contributed by atoms with Crippen molar-refractivity contribution in [2.45, 2.75) is 5.16 Å². The zero-order valence-electron chi connectivity index (χ0n) is 16.6. The van der Waals surface area contributed by atoms with Crippen LogP contribution in [0.1, 0.15) is 15.9 Å². The number of hydrogen-bond acceptors (Lipinski definition) is 9. The molecule has 0 fully saturated rings. The van der Waals surface area contributed by atoms with E-state index in [1.807, 2.05) is 0 Å². The highest BCUT2D eigenvalue weighted by Crippen LogP contribution is 2.27. The Balaban J connectivity index is 1.74. The van der Waals surface area contributed by atoms with Gasteiger partial charge in [-0.2, -0.15) is 14.6 Å². The number of carbonyl (C=O) groups is 2. The highest BCUT2D eigenvalue weighted by molar-refractivity contribution is 7.90. The number of carbonyl (C=O) groups excluding carboxylic acids is 2. The quantitative estimate of drug-likeness (QED) is 0.232. The molecule has 9 nitrogen and oxygen atoms in total. The van der Waals surface area contributed by atoms with E-state index in [2.05, 4.69) is 14.7 Å². The fourth-order valence-electron chi connectivity index (χ4n) is 2.33. The summed E-state index contributed by atoms with van der Waals surface area (Å²) in [5.41, 5.74) is 0.149. The van der Waals surface area contributed by atoms with Crippen LogP contribution < -0.4 is 10.1 Å². The molecule has 33 heavy (non-hydrogen) atoms. The van der Waals surface area contributed by atoms with Crippen molar-refractivity contribution in [3.8, 4) is 11.8 Å². The van der Waals surface area contributed by atoms with Gasteiger partial charge in [0.2, 0.25) is 15.0 Å². The maximum atomic E-state index is 13.0. The van der Waals surface area contributed by atoms with E-state index in [9.17, 15) is 27.7 Å². The molecule has 13 heteroatoms. The summed E-state index contributed by atoms with van der Waals surface area (Å²) >= 11 is 6.79. The molecule has 0 aliphatic rings. The van der Waals surface area contributed by atoms with Gasteiger partial charge in [-0.05, 0) is 48.0 Å². The van der Waals surface area contributed by atoms with Crippen molar-refractivity contribution in [1.82, 2.24) is 9.36 Å². The molecule has 0 spiro atoms. The Bertz CT molecular complexity index is 1410. The predicted octanol–water partition coefficient (Wildman–Crippen LogP) is 3.50. The zero-order valence-corrected chi connectivity index (χ0v) is 19.0. The molecule has 3 rings (SSSR count). The number of halogens is 2. The van der Waals surface area contributed by atoms with Crippen LogP contribution in [0, 0.1) is 17.1 Å². The zero-order chi connectivity index (χ0) is 24.2. The minimum Gasteiger partial charge on any atom is -0.421 e. The monoisotopic (exact) mass is 506 g/mol. The molecule has 0 saturated carbocycles. The third kappa shape index (κ3) is 6.19. The SMILES string of the molecule is CS(=O)(=O)c1nsc(NC(=O)/C(C#N)=C\c2ccc(OC(=O)c3ccc(F)cc3)c(Cl)c2)n1. The number of nitriles is 1. The van der Waals surface area contributed by atoms with Gasteiger partial charge < -0.3 is 4.74 Å². The average molecular weight is 507 g/mol. The molecule has 3 aromatic rings. The maximum Gasteiger partial charge on any atom is 0.343 e. The summed E-state index contributed by atoms with van der Waals surface area (Å²) in [6.45, 7) is 0. The molecule has 1 amide bonds. The van der Waals surface area contributed by atoms with Crippen molar-refractivity contribution in [1.29, 1.82) is 5.26 Å². The van der Waals surface area contributed by atoms with Crippen molar-refractivity contribution in [3.05, 3.63) is 70.0 Å². The lowest BCUT2D eigenvalue weighted by atomic mass is 10.1. The number of benzene rings is 2. The van der Waals surface area contributed by atoms with Crippen LogP contribution in [0.5, 0.6) is 5.75 Å². The van der Waals surface area contributed by atoms with Crippen LogP contribution in [0.4, 0.5) is 9.52 Å². The highest BCUT2D eigenvalue weighted by Gasteiger charge is 2.18. The Morgan fingerprint density at radius 1 is 1.24 bits per heavy atom. The van der Waals surface area contributed by atoms with Gasteiger partial charge in [0.1, 0.15) is 23.2 Å². The molecule has 1 heterocycles. The van der Waals surface area contributed by atoms with Crippen molar-refractivity contribution in [3.63, 3.8) is 0 Å². The van der Waals surface area contributed by atoms with E-state index < -0.39 is 32.7 Å². The van der Waals surface area contributed by atoms with Crippen LogP contribution in [0.15, 0.2) is 53.2 Å². The molecule has 0 saturated heterocycles. The Kier molecular flexibility index (Phi) is 7.17. The first-order valence-electron chi connectivity index (χ1n) is 8.81. The number of amides is 1.